The number of halogens is 2. The van der Waals surface area contributed by atoms with Crippen molar-refractivity contribution >= 4 is 0 Å². The van der Waals surface area contributed by atoms with E-state index in [4.69, 9.17) is 5.26 Å². The number of hydrogen-bond acceptors (Lipinski definition) is 1. The van der Waals surface area contributed by atoms with Gasteiger partial charge < -0.3 is 0 Å². The van der Waals surface area contributed by atoms with Gasteiger partial charge in [0.25, 0.3) is 0 Å². The molecule has 2 aliphatic carbocycles. The highest BCUT2D eigenvalue weighted by atomic mass is 19.2. The normalized spacial score (nSPS) is 28.2. The highest BCUT2D eigenvalue weighted by molar-refractivity contribution is 5.23. The van der Waals surface area contributed by atoms with Gasteiger partial charge in [0.2, 0.25) is 0 Å². The maximum Gasteiger partial charge on any atom is 0.159 e. The van der Waals surface area contributed by atoms with Crippen LogP contribution in [0.4, 0.5) is 8.78 Å². The SMILES string of the molecule is C=C(C1CCC(CC/C=C/C#N)CC1)C1CCC(c2ccc(F)c(F)c2)CC1. The molecular formula is C25H31F2N. The second-order valence-corrected chi connectivity index (χ2v) is 8.62. The summed E-state index contributed by atoms with van der Waals surface area (Å²) < 4.78 is 26.7. The van der Waals surface area contributed by atoms with Gasteiger partial charge in [-0.1, -0.05) is 24.3 Å². The first-order valence-corrected chi connectivity index (χ1v) is 10.8. The van der Waals surface area contributed by atoms with Gasteiger partial charge in [0, 0.05) is 6.08 Å². The molecule has 0 N–H and O–H groups in total. The van der Waals surface area contributed by atoms with Crippen LogP contribution in [0.1, 0.15) is 75.7 Å². The van der Waals surface area contributed by atoms with Crippen LogP contribution in [0.25, 0.3) is 0 Å². The van der Waals surface area contributed by atoms with Gasteiger partial charge in [-0.3, -0.25) is 0 Å². The Morgan fingerprint density at radius 1 is 1.00 bits per heavy atom. The molecule has 2 aliphatic rings. The number of nitriles is 1. The molecule has 0 radical (unpaired) electrons. The van der Waals surface area contributed by atoms with E-state index in [0.717, 1.165) is 43.6 Å². The van der Waals surface area contributed by atoms with Gasteiger partial charge in [-0.25, -0.2) is 8.78 Å². The van der Waals surface area contributed by atoms with Gasteiger partial charge in [0.15, 0.2) is 11.6 Å². The lowest BCUT2D eigenvalue weighted by Crippen LogP contribution is -2.22. The first kappa shape index (κ1) is 20.8. The maximum absolute atomic E-state index is 13.5. The molecule has 1 aromatic carbocycles. The Labute approximate surface area is 168 Å². The van der Waals surface area contributed by atoms with E-state index >= 15 is 0 Å². The van der Waals surface area contributed by atoms with Crippen molar-refractivity contribution in [1.82, 2.24) is 0 Å². The molecule has 0 spiro atoms. The van der Waals surface area contributed by atoms with E-state index in [2.05, 4.69) is 12.6 Å². The first-order chi connectivity index (χ1) is 13.6. The van der Waals surface area contributed by atoms with Crippen LogP contribution in [-0.2, 0) is 0 Å². The molecule has 0 aliphatic heterocycles. The highest BCUT2D eigenvalue weighted by Gasteiger charge is 2.30. The van der Waals surface area contributed by atoms with Crippen molar-refractivity contribution in [1.29, 1.82) is 5.26 Å². The molecule has 0 atom stereocenters. The van der Waals surface area contributed by atoms with E-state index in [0.29, 0.717) is 17.8 Å². The zero-order valence-electron chi connectivity index (χ0n) is 16.7. The topological polar surface area (TPSA) is 23.8 Å². The second kappa shape index (κ2) is 10.0. The third-order valence-corrected chi connectivity index (χ3v) is 6.97. The molecule has 0 aromatic heterocycles. The Morgan fingerprint density at radius 2 is 1.64 bits per heavy atom. The molecule has 0 bridgehead atoms. The zero-order chi connectivity index (χ0) is 19.9. The smallest absolute Gasteiger partial charge is 0.159 e. The van der Waals surface area contributed by atoms with Gasteiger partial charge in [0.05, 0.1) is 6.07 Å². The van der Waals surface area contributed by atoms with Crippen LogP contribution in [0.15, 0.2) is 42.5 Å². The number of benzene rings is 1. The molecule has 2 fully saturated rings. The summed E-state index contributed by atoms with van der Waals surface area (Å²) >= 11 is 0. The number of hydrogen-bond donors (Lipinski definition) is 0. The predicted molar refractivity (Wildman–Crippen MR) is 110 cm³/mol. The fourth-order valence-corrected chi connectivity index (χ4v) is 5.19. The Morgan fingerprint density at radius 3 is 2.25 bits per heavy atom. The Balaban J connectivity index is 1.43. The quantitative estimate of drug-likeness (QED) is 0.369. The Bertz CT molecular complexity index is 729. The number of nitrogens with zero attached hydrogens (tertiary/aromatic N) is 1. The molecule has 0 saturated heterocycles. The maximum atomic E-state index is 13.5. The van der Waals surface area contributed by atoms with E-state index in [1.165, 1.54) is 49.8 Å². The summed E-state index contributed by atoms with van der Waals surface area (Å²) in [5.41, 5.74) is 2.38. The first-order valence-electron chi connectivity index (χ1n) is 10.8. The van der Waals surface area contributed by atoms with Gasteiger partial charge in [-0.2, -0.15) is 5.26 Å². The Hall–Kier alpha value is -1.95. The molecule has 0 amide bonds. The minimum absolute atomic E-state index is 0.344. The summed E-state index contributed by atoms with van der Waals surface area (Å²) in [6.45, 7) is 4.48. The third-order valence-electron chi connectivity index (χ3n) is 6.97. The van der Waals surface area contributed by atoms with Crippen molar-refractivity contribution < 1.29 is 8.78 Å². The number of allylic oxidation sites excluding steroid dienone is 3. The van der Waals surface area contributed by atoms with Crippen LogP contribution in [-0.4, -0.2) is 0 Å². The summed E-state index contributed by atoms with van der Waals surface area (Å²) in [6, 6.07) is 6.43. The summed E-state index contributed by atoms with van der Waals surface area (Å²) in [4.78, 5) is 0. The lowest BCUT2D eigenvalue weighted by atomic mass is 9.69. The van der Waals surface area contributed by atoms with Crippen molar-refractivity contribution in [3.63, 3.8) is 0 Å². The molecular weight excluding hydrogens is 352 g/mol. The highest BCUT2D eigenvalue weighted by Crippen LogP contribution is 2.44. The molecule has 1 nitrogen and oxygen atoms in total. The van der Waals surface area contributed by atoms with Crippen LogP contribution < -0.4 is 0 Å². The lowest BCUT2D eigenvalue weighted by molar-refractivity contribution is 0.260. The largest absolute Gasteiger partial charge is 0.204 e. The van der Waals surface area contributed by atoms with E-state index in [-0.39, 0.29) is 0 Å². The van der Waals surface area contributed by atoms with E-state index in [1.807, 2.05) is 6.08 Å². The molecule has 0 unspecified atom stereocenters. The van der Waals surface area contributed by atoms with Crippen LogP contribution in [0.5, 0.6) is 0 Å². The minimum Gasteiger partial charge on any atom is -0.204 e. The van der Waals surface area contributed by atoms with Crippen molar-refractivity contribution in [2.75, 3.05) is 0 Å². The predicted octanol–water partition coefficient (Wildman–Crippen LogP) is 7.46. The van der Waals surface area contributed by atoms with Crippen LogP contribution in [0.2, 0.25) is 0 Å². The lowest BCUT2D eigenvalue weighted by Gasteiger charge is -2.36. The van der Waals surface area contributed by atoms with Crippen LogP contribution >= 0.6 is 0 Å². The summed E-state index contributed by atoms with van der Waals surface area (Å²) in [6.07, 6.45) is 15.1. The molecule has 2 saturated carbocycles. The number of rotatable bonds is 6. The molecule has 1 aromatic rings. The molecule has 3 rings (SSSR count). The van der Waals surface area contributed by atoms with Gasteiger partial charge in [-0.15, -0.1) is 0 Å². The van der Waals surface area contributed by atoms with Gasteiger partial charge in [0.1, 0.15) is 0 Å². The molecule has 150 valence electrons. The average molecular weight is 384 g/mol. The molecule has 0 heterocycles. The molecule has 3 heteroatoms. The van der Waals surface area contributed by atoms with E-state index in [1.54, 1.807) is 12.1 Å². The van der Waals surface area contributed by atoms with Crippen molar-refractivity contribution in [2.45, 2.75) is 70.1 Å². The summed E-state index contributed by atoms with van der Waals surface area (Å²) in [5, 5.41) is 8.55. The van der Waals surface area contributed by atoms with Crippen LogP contribution in [0.3, 0.4) is 0 Å². The monoisotopic (exact) mass is 383 g/mol. The Kier molecular flexibility index (Phi) is 7.43. The van der Waals surface area contributed by atoms with E-state index < -0.39 is 11.6 Å². The molecule has 28 heavy (non-hydrogen) atoms. The van der Waals surface area contributed by atoms with Crippen LogP contribution in [0, 0.1) is 40.7 Å². The third kappa shape index (κ3) is 5.31. The van der Waals surface area contributed by atoms with Crippen molar-refractivity contribution in [3.8, 4) is 6.07 Å². The van der Waals surface area contributed by atoms with Gasteiger partial charge >= 0.3 is 0 Å². The average Bonchev–Trinajstić information content (AvgIpc) is 2.73. The second-order valence-electron chi connectivity index (χ2n) is 8.62. The van der Waals surface area contributed by atoms with E-state index in [9.17, 15) is 8.78 Å². The minimum atomic E-state index is -0.762. The zero-order valence-corrected chi connectivity index (χ0v) is 16.7. The van der Waals surface area contributed by atoms with Crippen molar-refractivity contribution in [3.05, 3.63) is 59.7 Å². The fourth-order valence-electron chi connectivity index (χ4n) is 5.19. The standard InChI is InChI=1S/C25H31F2N/c1-18(20-8-6-19(7-9-20)5-3-2-4-16-28)21-10-12-22(13-11-21)23-14-15-24(26)25(27)17-23/h2,4,14-15,17,19-22H,1,3,5-13H2/b4-2+. The van der Waals surface area contributed by atoms with Gasteiger partial charge in [-0.05, 0) is 106 Å². The summed E-state index contributed by atoms with van der Waals surface area (Å²) in [7, 11) is 0. The van der Waals surface area contributed by atoms with Crippen molar-refractivity contribution in [2.24, 2.45) is 17.8 Å². The summed E-state index contributed by atoms with van der Waals surface area (Å²) in [5.74, 6) is 0.872. The fraction of sp³-hybridized carbons (Fsp3) is 0.560.